The van der Waals surface area contributed by atoms with Gasteiger partial charge < -0.3 is 16.0 Å². The summed E-state index contributed by atoms with van der Waals surface area (Å²) in [4.78, 5) is 17.7. The van der Waals surface area contributed by atoms with E-state index in [1.807, 2.05) is 31.1 Å². The standard InChI is InChI=1S/C12H20N4O/c1-16(2)12-10(5-4-8-14-12)9-15-11(17)6-3-7-13/h4-5,8H,3,6-7,9,13H2,1-2H3,(H,15,17). The van der Waals surface area contributed by atoms with E-state index in [-0.39, 0.29) is 5.91 Å². The van der Waals surface area contributed by atoms with Crippen LogP contribution < -0.4 is 16.0 Å². The second-order valence-corrected chi connectivity index (χ2v) is 4.05. The maximum absolute atomic E-state index is 11.5. The van der Waals surface area contributed by atoms with Gasteiger partial charge in [0.05, 0.1) is 0 Å². The molecule has 0 radical (unpaired) electrons. The monoisotopic (exact) mass is 236 g/mol. The number of nitrogens with one attached hydrogen (secondary N) is 1. The Morgan fingerprint density at radius 1 is 1.53 bits per heavy atom. The molecule has 0 saturated carbocycles. The average molecular weight is 236 g/mol. The SMILES string of the molecule is CN(C)c1ncccc1CNC(=O)CCCN. The van der Waals surface area contributed by atoms with Crippen LogP contribution in [0, 0.1) is 0 Å². The predicted octanol–water partition coefficient (Wildman–Crippen LogP) is 0.503. The van der Waals surface area contributed by atoms with Crippen molar-refractivity contribution < 1.29 is 4.79 Å². The molecule has 1 amide bonds. The van der Waals surface area contributed by atoms with Crippen molar-refractivity contribution in [3.05, 3.63) is 23.9 Å². The van der Waals surface area contributed by atoms with Gasteiger partial charge >= 0.3 is 0 Å². The van der Waals surface area contributed by atoms with Crippen molar-refractivity contribution in [2.45, 2.75) is 19.4 Å². The first-order valence-electron chi connectivity index (χ1n) is 5.73. The number of rotatable bonds is 6. The fraction of sp³-hybridized carbons (Fsp3) is 0.500. The minimum absolute atomic E-state index is 0.0315. The molecule has 0 aromatic carbocycles. The molecular weight excluding hydrogens is 216 g/mol. The van der Waals surface area contributed by atoms with E-state index in [1.165, 1.54) is 0 Å². The molecule has 94 valence electrons. The number of anilines is 1. The van der Waals surface area contributed by atoms with Gasteiger partial charge in [-0.1, -0.05) is 6.07 Å². The van der Waals surface area contributed by atoms with Gasteiger partial charge in [0.25, 0.3) is 0 Å². The highest BCUT2D eigenvalue weighted by Gasteiger charge is 2.06. The zero-order valence-corrected chi connectivity index (χ0v) is 10.4. The van der Waals surface area contributed by atoms with Crippen molar-refractivity contribution in [3.63, 3.8) is 0 Å². The second kappa shape index (κ2) is 6.85. The average Bonchev–Trinajstić information content (AvgIpc) is 2.34. The van der Waals surface area contributed by atoms with Crippen LogP contribution in [0.15, 0.2) is 18.3 Å². The summed E-state index contributed by atoms with van der Waals surface area (Å²) in [6.45, 7) is 1.05. The molecule has 0 atom stereocenters. The fourth-order valence-electron chi connectivity index (χ4n) is 1.52. The Morgan fingerprint density at radius 2 is 2.29 bits per heavy atom. The van der Waals surface area contributed by atoms with Gasteiger partial charge in [-0.25, -0.2) is 4.98 Å². The first-order valence-corrected chi connectivity index (χ1v) is 5.73. The molecule has 0 aliphatic rings. The van der Waals surface area contributed by atoms with Gasteiger partial charge in [0.2, 0.25) is 5.91 Å². The maximum Gasteiger partial charge on any atom is 0.220 e. The highest BCUT2D eigenvalue weighted by atomic mass is 16.1. The second-order valence-electron chi connectivity index (χ2n) is 4.05. The third-order valence-electron chi connectivity index (χ3n) is 2.38. The highest BCUT2D eigenvalue weighted by Crippen LogP contribution is 2.13. The summed E-state index contributed by atoms with van der Waals surface area (Å²) in [5, 5.41) is 2.87. The lowest BCUT2D eigenvalue weighted by molar-refractivity contribution is -0.121. The van der Waals surface area contributed by atoms with Crippen LogP contribution in [-0.4, -0.2) is 31.5 Å². The molecule has 17 heavy (non-hydrogen) atoms. The van der Waals surface area contributed by atoms with Crippen molar-refractivity contribution >= 4 is 11.7 Å². The number of nitrogens with zero attached hydrogens (tertiary/aromatic N) is 2. The van der Waals surface area contributed by atoms with E-state index < -0.39 is 0 Å². The van der Waals surface area contributed by atoms with Gasteiger partial charge in [-0.3, -0.25) is 4.79 Å². The van der Waals surface area contributed by atoms with Crippen LogP contribution in [0.4, 0.5) is 5.82 Å². The molecule has 0 aliphatic heterocycles. The first kappa shape index (κ1) is 13.4. The van der Waals surface area contributed by atoms with E-state index in [2.05, 4.69) is 10.3 Å². The Labute approximate surface area is 102 Å². The Morgan fingerprint density at radius 3 is 2.94 bits per heavy atom. The number of carbonyl (C=O) groups excluding carboxylic acids is 1. The van der Waals surface area contributed by atoms with Crippen LogP contribution in [0.1, 0.15) is 18.4 Å². The van der Waals surface area contributed by atoms with Crippen LogP contribution in [0.25, 0.3) is 0 Å². The Bertz CT molecular complexity index is 365. The van der Waals surface area contributed by atoms with E-state index in [9.17, 15) is 4.79 Å². The summed E-state index contributed by atoms with van der Waals surface area (Å²) in [5.74, 6) is 0.913. The number of carbonyl (C=O) groups is 1. The highest BCUT2D eigenvalue weighted by molar-refractivity contribution is 5.76. The number of pyridine rings is 1. The van der Waals surface area contributed by atoms with Gasteiger partial charge in [-0.15, -0.1) is 0 Å². The van der Waals surface area contributed by atoms with Crippen LogP contribution in [0.5, 0.6) is 0 Å². The Hall–Kier alpha value is -1.62. The van der Waals surface area contributed by atoms with Gasteiger partial charge in [0.1, 0.15) is 5.82 Å². The number of aromatic nitrogens is 1. The number of amides is 1. The molecule has 0 aliphatic carbocycles. The van der Waals surface area contributed by atoms with Crippen LogP contribution in [0.3, 0.4) is 0 Å². The molecule has 0 fully saturated rings. The van der Waals surface area contributed by atoms with Crippen LogP contribution >= 0.6 is 0 Å². The molecule has 5 nitrogen and oxygen atoms in total. The van der Waals surface area contributed by atoms with E-state index in [0.717, 1.165) is 17.8 Å². The summed E-state index contributed by atoms with van der Waals surface area (Å²) in [7, 11) is 3.87. The molecule has 5 heteroatoms. The Kier molecular flexibility index (Phi) is 5.42. The smallest absolute Gasteiger partial charge is 0.220 e. The molecular formula is C12H20N4O. The molecule has 0 saturated heterocycles. The van der Waals surface area contributed by atoms with Crippen LogP contribution in [0.2, 0.25) is 0 Å². The summed E-state index contributed by atoms with van der Waals surface area (Å²) in [6, 6.07) is 3.83. The van der Waals surface area contributed by atoms with Gasteiger partial charge in [-0.2, -0.15) is 0 Å². The third kappa shape index (κ3) is 4.40. The molecule has 1 rings (SSSR count). The lowest BCUT2D eigenvalue weighted by Crippen LogP contribution is -2.24. The van der Waals surface area contributed by atoms with E-state index >= 15 is 0 Å². The zero-order chi connectivity index (χ0) is 12.7. The quantitative estimate of drug-likeness (QED) is 0.754. The molecule has 1 heterocycles. The molecule has 1 aromatic heterocycles. The van der Waals surface area contributed by atoms with Crippen molar-refractivity contribution in [3.8, 4) is 0 Å². The Balaban J connectivity index is 2.54. The minimum atomic E-state index is 0.0315. The van der Waals surface area contributed by atoms with Gasteiger partial charge in [0, 0.05) is 38.8 Å². The third-order valence-corrected chi connectivity index (χ3v) is 2.38. The number of hydrogen-bond acceptors (Lipinski definition) is 4. The summed E-state index contributed by atoms with van der Waals surface area (Å²) < 4.78 is 0. The number of hydrogen-bond donors (Lipinski definition) is 2. The van der Waals surface area contributed by atoms with E-state index in [4.69, 9.17) is 5.73 Å². The van der Waals surface area contributed by atoms with E-state index in [0.29, 0.717) is 19.5 Å². The van der Waals surface area contributed by atoms with Gasteiger partial charge in [0.15, 0.2) is 0 Å². The van der Waals surface area contributed by atoms with Crippen molar-refractivity contribution in [2.24, 2.45) is 5.73 Å². The summed E-state index contributed by atoms with van der Waals surface area (Å²) in [5.41, 5.74) is 6.36. The predicted molar refractivity (Wildman–Crippen MR) is 68.7 cm³/mol. The fourth-order valence-corrected chi connectivity index (χ4v) is 1.52. The van der Waals surface area contributed by atoms with Crippen LogP contribution in [-0.2, 0) is 11.3 Å². The topological polar surface area (TPSA) is 71.2 Å². The summed E-state index contributed by atoms with van der Waals surface area (Å²) >= 11 is 0. The number of nitrogens with two attached hydrogens (primary N) is 1. The molecule has 0 bridgehead atoms. The summed E-state index contributed by atoms with van der Waals surface area (Å²) in [6.07, 6.45) is 2.95. The minimum Gasteiger partial charge on any atom is -0.362 e. The largest absolute Gasteiger partial charge is 0.362 e. The van der Waals surface area contributed by atoms with Crippen molar-refractivity contribution in [2.75, 3.05) is 25.5 Å². The molecule has 3 N–H and O–H groups in total. The first-order chi connectivity index (χ1) is 8.15. The molecule has 0 spiro atoms. The van der Waals surface area contributed by atoms with E-state index in [1.54, 1.807) is 6.20 Å². The maximum atomic E-state index is 11.5. The van der Waals surface area contributed by atoms with Crippen molar-refractivity contribution in [1.29, 1.82) is 0 Å². The normalized spacial score (nSPS) is 10.1. The lowest BCUT2D eigenvalue weighted by atomic mass is 10.2. The molecule has 1 aromatic rings. The van der Waals surface area contributed by atoms with Gasteiger partial charge in [-0.05, 0) is 19.0 Å². The van der Waals surface area contributed by atoms with Crippen molar-refractivity contribution in [1.82, 2.24) is 10.3 Å². The lowest BCUT2D eigenvalue weighted by Gasteiger charge is -2.16. The molecule has 0 unspecified atom stereocenters. The zero-order valence-electron chi connectivity index (χ0n) is 10.4.